The van der Waals surface area contributed by atoms with Gasteiger partial charge < -0.3 is 20.3 Å². The van der Waals surface area contributed by atoms with Gasteiger partial charge in [0.25, 0.3) is 11.8 Å². The third kappa shape index (κ3) is 6.06. The van der Waals surface area contributed by atoms with Crippen LogP contribution in [0.5, 0.6) is 5.75 Å². The van der Waals surface area contributed by atoms with E-state index in [1.807, 2.05) is 0 Å². The third-order valence-electron chi connectivity index (χ3n) is 5.77. The van der Waals surface area contributed by atoms with Crippen LogP contribution in [-0.2, 0) is 17.9 Å². The van der Waals surface area contributed by atoms with Gasteiger partial charge >= 0.3 is 0 Å². The molecule has 0 aliphatic carbocycles. The number of carbonyl (C=O) groups excluding carboxylic acids is 3. The maximum atomic E-state index is 14.1. The van der Waals surface area contributed by atoms with Gasteiger partial charge in [-0.05, 0) is 42.0 Å². The number of ether oxygens (including phenoxy) is 1. The van der Waals surface area contributed by atoms with Crippen LogP contribution < -0.4 is 15.4 Å². The molecule has 10 heteroatoms. The van der Waals surface area contributed by atoms with Crippen molar-refractivity contribution in [1.82, 2.24) is 10.2 Å². The summed E-state index contributed by atoms with van der Waals surface area (Å²) in [6.45, 7) is 3.58. The second kappa shape index (κ2) is 11.0. The van der Waals surface area contributed by atoms with Crippen molar-refractivity contribution < 1.29 is 27.9 Å². The number of rotatable bonds is 7. The first kappa shape index (κ1) is 26.1. The number of hydrogen-bond acceptors (Lipinski definition) is 4. The number of amides is 3. The topological polar surface area (TPSA) is 87.7 Å². The van der Waals surface area contributed by atoms with Gasteiger partial charge in [-0.2, -0.15) is 0 Å². The van der Waals surface area contributed by atoms with Crippen LogP contribution in [0.2, 0.25) is 5.02 Å². The fourth-order valence-corrected chi connectivity index (χ4v) is 3.90. The molecule has 0 atom stereocenters. The van der Waals surface area contributed by atoms with Crippen LogP contribution in [0, 0.1) is 17.6 Å². The molecule has 0 spiro atoms. The summed E-state index contributed by atoms with van der Waals surface area (Å²) in [5, 5.41) is 5.73. The van der Waals surface area contributed by atoms with Crippen molar-refractivity contribution in [1.29, 1.82) is 0 Å². The minimum atomic E-state index is -0.762. The molecule has 3 aromatic carbocycles. The highest BCUT2D eigenvalue weighted by Gasteiger charge is 2.27. The van der Waals surface area contributed by atoms with Gasteiger partial charge in [0.2, 0.25) is 5.91 Å². The summed E-state index contributed by atoms with van der Waals surface area (Å²) in [7, 11) is 0. The van der Waals surface area contributed by atoms with Gasteiger partial charge in [-0.3, -0.25) is 14.4 Å². The Balaban J connectivity index is 1.48. The Labute approximate surface area is 217 Å². The molecule has 0 saturated carbocycles. The van der Waals surface area contributed by atoms with Crippen molar-refractivity contribution in [3.63, 3.8) is 0 Å². The molecule has 4 rings (SSSR count). The molecule has 1 aliphatic rings. The van der Waals surface area contributed by atoms with Crippen LogP contribution in [0.3, 0.4) is 0 Å². The number of carbonyl (C=O) groups is 3. The summed E-state index contributed by atoms with van der Waals surface area (Å²) in [5.74, 6) is -2.37. The van der Waals surface area contributed by atoms with Crippen molar-refractivity contribution in [2.75, 3.05) is 12.0 Å². The molecule has 0 fully saturated rings. The Morgan fingerprint density at radius 1 is 1.08 bits per heavy atom. The van der Waals surface area contributed by atoms with Gasteiger partial charge in [0.15, 0.2) is 6.73 Å². The standard InChI is InChI=1S/C27H24ClF2N3O4/c1-15(2)25(34)31-12-16-3-7-22(28)20(9-16)26(35)32-19-6-8-24-21(11-19)27(36)33(14-37-24)13-17-4-5-18(29)10-23(17)30/h3-11,15H,12-14H2,1-2H3,(H,31,34)(H,32,35). The van der Waals surface area contributed by atoms with Gasteiger partial charge in [0.05, 0.1) is 22.7 Å². The maximum Gasteiger partial charge on any atom is 0.260 e. The van der Waals surface area contributed by atoms with Crippen molar-refractivity contribution in [3.8, 4) is 5.75 Å². The van der Waals surface area contributed by atoms with Crippen molar-refractivity contribution in [3.05, 3.63) is 93.5 Å². The normalized spacial score (nSPS) is 12.7. The molecule has 1 aliphatic heterocycles. The Kier molecular flexibility index (Phi) is 7.73. The molecular weight excluding hydrogens is 504 g/mol. The van der Waals surface area contributed by atoms with E-state index in [9.17, 15) is 23.2 Å². The summed E-state index contributed by atoms with van der Waals surface area (Å²) in [6, 6.07) is 12.6. The zero-order valence-corrected chi connectivity index (χ0v) is 20.9. The minimum Gasteiger partial charge on any atom is -0.472 e. The van der Waals surface area contributed by atoms with Crippen LogP contribution >= 0.6 is 11.6 Å². The number of anilines is 1. The van der Waals surface area contributed by atoms with E-state index in [0.717, 1.165) is 12.1 Å². The molecule has 0 bridgehead atoms. The van der Waals surface area contributed by atoms with E-state index < -0.39 is 23.4 Å². The Morgan fingerprint density at radius 3 is 2.59 bits per heavy atom. The average molecular weight is 528 g/mol. The molecule has 7 nitrogen and oxygen atoms in total. The fourth-order valence-electron chi connectivity index (χ4n) is 3.70. The highest BCUT2D eigenvalue weighted by atomic mass is 35.5. The molecule has 3 amide bonds. The summed E-state index contributed by atoms with van der Waals surface area (Å²) in [4.78, 5) is 39.2. The Hall–Kier alpha value is -3.98. The van der Waals surface area contributed by atoms with E-state index in [2.05, 4.69) is 10.6 Å². The highest BCUT2D eigenvalue weighted by Crippen LogP contribution is 2.30. The van der Waals surface area contributed by atoms with Crippen LogP contribution in [0.1, 0.15) is 45.7 Å². The van der Waals surface area contributed by atoms with Crippen LogP contribution in [0.15, 0.2) is 54.6 Å². The zero-order valence-electron chi connectivity index (χ0n) is 20.1. The molecule has 1 heterocycles. The molecule has 2 N–H and O–H groups in total. The van der Waals surface area contributed by atoms with Crippen molar-refractivity contribution >= 4 is 35.0 Å². The first-order chi connectivity index (χ1) is 17.6. The van der Waals surface area contributed by atoms with Crippen LogP contribution in [-0.4, -0.2) is 29.4 Å². The molecule has 0 aromatic heterocycles. The van der Waals surface area contributed by atoms with E-state index in [-0.39, 0.29) is 53.4 Å². The van der Waals surface area contributed by atoms with Crippen LogP contribution in [0.4, 0.5) is 14.5 Å². The number of nitrogens with zero attached hydrogens (tertiary/aromatic N) is 1. The van der Waals surface area contributed by atoms with Crippen molar-refractivity contribution in [2.24, 2.45) is 5.92 Å². The molecule has 0 saturated heterocycles. The molecular formula is C27H24ClF2N3O4. The van der Waals surface area contributed by atoms with E-state index >= 15 is 0 Å². The predicted molar refractivity (Wildman–Crippen MR) is 134 cm³/mol. The minimum absolute atomic E-state index is 0.107. The lowest BCUT2D eigenvalue weighted by molar-refractivity contribution is -0.124. The first-order valence-corrected chi connectivity index (χ1v) is 11.9. The first-order valence-electron chi connectivity index (χ1n) is 11.5. The smallest absolute Gasteiger partial charge is 0.260 e. The fraction of sp³-hybridized carbons (Fsp3) is 0.222. The molecule has 192 valence electrons. The van der Waals surface area contributed by atoms with Gasteiger partial charge in [-0.1, -0.05) is 37.6 Å². The lowest BCUT2D eigenvalue weighted by atomic mass is 10.1. The van der Waals surface area contributed by atoms with E-state index in [0.29, 0.717) is 17.0 Å². The molecule has 0 unspecified atom stereocenters. The van der Waals surface area contributed by atoms with Crippen molar-refractivity contribution in [2.45, 2.75) is 26.9 Å². The van der Waals surface area contributed by atoms with E-state index in [1.54, 1.807) is 44.2 Å². The number of hydrogen-bond donors (Lipinski definition) is 2. The second-order valence-electron chi connectivity index (χ2n) is 8.86. The second-order valence-corrected chi connectivity index (χ2v) is 9.27. The quantitative estimate of drug-likeness (QED) is 0.445. The number of halogens is 3. The summed E-state index contributed by atoms with van der Waals surface area (Å²) >= 11 is 6.24. The summed E-state index contributed by atoms with van der Waals surface area (Å²) < 4.78 is 32.9. The Morgan fingerprint density at radius 2 is 1.86 bits per heavy atom. The number of benzene rings is 3. The SMILES string of the molecule is CC(C)C(=O)NCc1ccc(Cl)c(C(=O)Nc2ccc3c(c2)C(=O)N(Cc2ccc(F)cc2F)CO3)c1. The third-order valence-corrected chi connectivity index (χ3v) is 6.10. The summed E-state index contributed by atoms with van der Waals surface area (Å²) in [6.07, 6.45) is 0. The highest BCUT2D eigenvalue weighted by molar-refractivity contribution is 6.34. The maximum absolute atomic E-state index is 14.1. The lowest BCUT2D eigenvalue weighted by Crippen LogP contribution is -2.38. The predicted octanol–water partition coefficient (Wildman–Crippen LogP) is 5.14. The average Bonchev–Trinajstić information content (AvgIpc) is 2.86. The number of nitrogens with one attached hydrogen (secondary N) is 2. The Bertz CT molecular complexity index is 1380. The van der Waals surface area contributed by atoms with Gasteiger partial charge in [-0.15, -0.1) is 0 Å². The molecule has 0 radical (unpaired) electrons. The van der Waals surface area contributed by atoms with Gasteiger partial charge in [-0.25, -0.2) is 8.78 Å². The largest absolute Gasteiger partial charge is 0.472 e. The van der Waals surface area contributed by atoms with Gasteiger partial charge in [0.1, 0.15) is 17.4 Å². The monoisotopic (exact) mass is 527 g/mol. The zero-order chi connectivity index (χ0) is 26.7. The molecule has 37 heavy (non-hydrogen) atoms. The molecule has 3 aromatic rings. The van der Waals surface area contributed by atoms with E-state index in [1.165, 1.54) is 17.0 Å². The van der Waals surface area contributed by atoms with E-state index in [4.69, 9.17) is 16.3 Å². The van der Waals surface area contributed by atoms with Crippen LogP contribution in [0.25, 0.3) is 0 Å². The lowest BCUT2D eigenvalue weighted by Gasteiger charge is -2.29. The number of fused-ring (bicyclic) bond motifs is 1. The van der Waals surface area contributed by atoms with Gasteiger partial charge in [0, 0.05) is 29.8 Å². The summed E-state index contributed by atoms with van der Waals surface area (Å²) in [5.41, 5.74) is 1.55.